The summed E-state index contributed by atoms with van der Waals surface area (Å²) < 4.78 is 6.61. The van der Waals surface area contributed by atoms with Gasteiger partial charge in [0, 0.05) is 5.39 Å². The average molecular weight is 419 g/mol. The largest absolute Gasteiger partial charge is 0.449 e. The Kier molecular flexibility index (Phi) is 4.15. The van der Waals surface area contributed by atoms with Gasteiger partial charge in [0.05, 0.1) is 20.0 Å². The monoisotopic (exact) mass is 419 g/mol. The molecule has 3 aromatic heterocycles. The second-order valence-electron chi connectivity index (χ2n) is 6.27. The number of para-hydroxylation sites is 2. The van der Waals surface area contributed by atoms with Gasteiger partial charge >= 0.3 is 0 Å². The van der Waals surface area contributed by atoms with Gasteiger partial charge in [-0.1, -0.05) is 24.3 Å². The Morgan fingerprint density at radius 2 is 1.76 bits per heavy atom. The normalized spacial score (nSPS) is 11.2. The molecular formula is C21H13N3O3S2. The van der Waals surface area contributed by atoms with Gasteiger partial charge in [-0.05, 0) is 36.4 Å². The molecule has 5 aromatic rings. The SMILES string of the molecule is NC(=O)c1oc2ccccc2c1NC(=O)c1ccc(-c2nc3ccccc3s2)s1. The maximum atomic E-state index is 12.8. The molecule has 142 valence electrons. The maximum absolute atomic E-state index is 12.8. The minimum atomic E-state index is -0.738. The molecule has 2 aromatic carbocycles. The molecule has 0 aliphatic rings. The van der Waals surface area contributed by atoms with Crippen molar-refractivity contribution in [2.45, 2.75) is 0 Å². The van der Waals surface area contributed by atoms with E-state index in [-0.39, 0.29) is 17.4 Å². The minimum absolute atomic E-state index is 0.0671. The van der Waals surface area contributed by atoms with Gasteiger partial charge < -0.3 is 15.5 Å². The van der Waals surface area contributed by atoms with Crippen molar-refractivity contribution < 1.29 is 14.0 Å². The summed E-state index contributed by atoms with van der Waals surface area (Å²) in [4.78, 5) is 30.6. The van der Waals surface area contributed by atoms with Crippen LogP contribution >= 0.6 is 22.7 Å². The number of thiophene rings is 1. The number of hydrogen-bond donors (Lipinski definition) is 2. The van der Waals surface area contributed by atoms with Crippen LogP contribution in [0.15, 0.2) is 65.1 Å². The third-order valence-electron chi connectivity index (χ3n) is 4.39. The Bertz CT molecular complexity index is 1360. The van der Waals surface area contributed by atoms with Crippen LogP contribution < -0.4 is 11.1 Å². The number of nitrogens with zero attached hydrogens (tertiary/aromatic N) is 1. The number of hydrogen-bond acceptors (Lipinski definition) is 6. The van der Waals surface area contributed by atoms with Gasteiger partial charge in [0.2, 0.25) is 5.76 Å². The first-order chi connectivity index (χ1) is 14.1. The van der Waals surface area contributed by atoms with Crippen molar-refractivity contribution in [1.82, 2.24) is 4.98 Å². The topological polar surface area (TPSA) is 98.2 Å². The molecule has 2 amide bonds. The highest BCUT2D eigenvalue weighted by molar-refractivity contribution is 7.26. The van der Waals surface area contributed by atoms with Crippen molar-refractivity contribution >= 4 is 61.4 Å². The number of furan rings is 1. The number of fused-ring (bicyclic) bond motifs is 2. The van der Waals surface area contributed by atoms with Crippen LogP contribution in [-0.4, -0.2) is 16.8 Å². The number of anilines is 1. The minimum Gasteiger partial charge on any atom is -0.449 e. The van der Waals surface area contributed by atoms with Crippen molar-refractivity contribution in [2.75, 3.05) is 5.32 Å². The van der Waals surface area contributed by atoms with Crippen molar-refractivity contribution in [3.63, 3.8) is 0 Å². The molecule has 29 heavy (non-hydrogen) atoms. The lowest BCUT2D eigenvalue weighted by molar-refractivity contribution is 0.0977. The number of nitrogens with one attached hydrogen (secondary N) is 1. The van der Waals surface area contributed by atoms with Gasteiger partial charge in [-0.3, -0.25) is 9.59 Å². The van der Waals surface area contributed by atoms with Crippen LogP contribution in [-0.2, 0) is 0 Å². The second-order valence-corrected chi connectivity index (χ2v) is 8.39. The quantitative estimate of drug-likeness (QED) is 0.422. The van der Waals surface area contributed by atoms with E-state index in [0.717, 1.165) is 20.1 Å². The lowest BCUT2D eigenvalue weighted by Gasteiger charge is -2.03. The fourth-order valence-electron chi connectivity index (χ4n) is 3.07. The van der Waals surface area contributed by atoms with Crippen LogP contribution in [0.5, 0.6) is 0 Å². The molecule has 8 heteroatoms. The second kappa shape index (κ2) is 6.84. The first kappa shape index (κ1) is 17.6. The van der Waals surface area contributed by atoms with Crippen LogP contribution in [0.25, 0.3) is 31.1 Å². The van der Waals surface area contributed by atoms with Crippen LogP contribution in [0.1, 0.15) is 20.2 Å². The number of primary amides is 1. The van der Waals surface area contributed by atoms with Gasteiger partial charge in [0.15, 0.2) is 0 Å². The van der Waals surface area contributed by atoms with Gasteiger partial charge in [-0.15, -0.1) is 22.7 Å². The summed E-state index contributed by atoms with van der Waals surface area (Å²) in [5.41, 5.74) is 7.12. The zero-order chi connectivity index (χ0) is 20.0. The van der Waals surface area contributed by atoms with Crippen LogP contribution in [0.4, 0.5) is 5.69 Å². The molecular weight excluding hydrogens is 406 g/mol. The summed E-state index contributed by atoms with van der Waals surface area (Å²) in [6, 6.07) is 18.6. The van der Waals surface area contributed by atoms with Crippen molar-refractivity contribution in [3.05, 3.63) is 71.3 Å². The first-order valence-electron chi connectivity index (χ1n) is 8.68. The molecule has 3 N–H and O–H groups in total. The number of carbonyl (C=O) groups excluding carboxylic acids is 2. The van der Waals surface area contributed by atoms with E-state index in [1.165, 1.54) is 11.3 Å². The fraction of sp³-hybridized carbons (Fsp3) is 0. The zero-order valence-electron chi connectivity index (χ0n) is 14.8. The van der Waals surface area contributed by atoms with Crippen molar-refractivity contribution in [3.8, 4) is 9.88 Å². The number of thiazole rings is 1. The molecule has 6 nitrogen and oxygen atoms in total. The van der Waals surface area contributed by atoms with E-state index >= 15 is 0 Å². The summed E-state index contributed by atoms with van der Waals surface area (Å²) in [5, 5.41) is 4.27. The summed E-state index contributed by atoms with van der Waals surface area (Å²) in [6.07, 6.45) is 0. The van der Waals surface area contributed by atoms with E-state index < -0.39 is 5.91 Å². The molecule has 0 atom stereocenters. The standard InChI is InChI=1S/C21H13N3O3S2/c22-19(25)18-17(11-5-1-3-7-13(11)27-18)24-20(26)15-9-10-16(28-15)21-23-12-6-2-4-8-14(12)29-21/h1-10H,(H2,22,25)(H,24,26). The van der Waals surface area contributed by atoms with Gasteiger partial charge in [-0.2, -0.15) is 0 Å². The first-order valence-corrected chi connectivity index (χ1v) is 10.3. The van der Waals surface area contributed by atoms with Gasteiger partial charge in [0.1, 0.15) is 16.3 Å². The molecule has 0 bridgehead atoms. The Balaban J connectivity index is 1.47. The molecule has 0 unspecified atom stereocenters. The Hall–Kier alpha value is -3.49. The molecule has 0 saturated carbocycles. The molecule has 0 spiro atoms. The van der Waals surface area contributed by atoms with Crippen LogP contribution in [0.3, 0.4) is 0 Å². The molecule has 5 rings (SSSR count). The Morgan fingerprint density at radius 1 is 0.966 bits per heavy atom. The number of nitrogens with two attached hydrogens (primary N) is 1. The van der Waals surface area contributed by atoms with Crippen LogP contribution in [0.2, 0.25) is 0 Å². The number of carbonyl (C=O) groups is 2. The molecule has 0 aliphatic heterocycles. The van der Waals surface area contributed by atoms with Crippen molar-refractivity contribution in [1.29, 1.82) is 0 Å². The van der Waals surface area contributed by atoms with Gasteiger partial charge in [-0.25, -0.2) is 4.98 Å². The highest BCUT2D eigenvalue weighted by Crippen LogP contribution is 2.35. The lowest BCUT2D eigenvalue weighted by Crippen LogP contribution is -2.16. The van der Waals surface area contributed by atoms with E-state index in [0.29, 0.717) is 15.8 Å². The Morgan fingerprint density at radius 3 is 2.59 bits per heavy atom. The molecule has 0 fully saturated rings. The summed E-state index contributed by atoms with van der Waals surface area (Å²) in [5.74, 6) is -1.14. The van der Waals surface area contributed by atoms with Crippen LogP contribution in [0, 0.1) is 0 Å². The number of rotatable bonds is 4. The number of amides is 2. The zero-order valence-corrected chi connectivity index (χ0v) is 16.5. The molecule has 0 saturated heterocycles. The van der Waals surface area contributed by atoms with E-state index in [1.807, 2.05) is 30.3 Å². The lowest BCUT2D eigenvalue weighted by atomic mass is 10.2. The summed E-state index contributed by atoms with van der Waals surface area (Å²) in [6.45, 7) is 0. The van der Waals surface area contributed by atoms with E-state index in [2.05, 4.69) is 10.3 Å². The predicted octanol–water partition coefficient (Wildman–Crippen LogP) is 5.12. The molecule has 0 aliphatic carbocycles. The molecule has 0 radical (unpaired) electrons. The predicted molar refractivity (Wildman–Crippen MR) is 116 cm³/mol. The van der Waals surface area contributed by atoms with Gasteiger partial charge in [0.25, 0.3) is 11.8 Å². The average Bonchev–Trinajstić information content (AvgIpc) is 3.44. The summed E-state index contributed by atoms with van der Waals surface area (Å²) in [7, 11) is 0. The third kappa shape index (κ3) is 3.08. The molecule has 3 heterocycles. The number of benzene rings is 2. The third-order valence-corrected chi connectivity index (χ3v) is 6.68. The smallest absolute Gasteiger partial charge is 0.286 e. The number of aromatic nitrogens is 1. The van der Waals surface area contributed by atoms with E-state index in [9.17, 15) is 9.59 Å². The van der Waals surface area contributed by atoms with E-state index in [4.69, 9.17) is 10.2 Å². The highest BCUT2D eigenvalue weighted by atomic mass is 32.1. The Labute approximate surface area is 172 Å². The maximum Gasteiger partial charge on any atom is 0.286 e. The van der Waals surface area contributed by atoms with E-state index in [1.54, 1.807) is 41.7 Å². The van der Waals surface area contributed by atoms with Crippen molar-refractivity contribution in [2.24, 2.45) is 5.73 Å². The highest BCUT2D eigenvalue weighted by Gasteiger charge is 2.22. The fourth-order valence-corrected chi connectivity index (χ4v) is 4.99. The summed E-state index contributed by atoms with van der Waals surface area (Å²) >= 11 is 2.92.